The number of aromatic nitrogens is 2. The SMILES string of the molecule is COc1ccc(C=Cc2nc(-c3ccc(Cl)cc3Cl)cn2CC(=O)N[C@@H](C)c2cccc3ccccc23)cc1. The smallest absolute Gasteiger partial charge is 0.240 e. The Labute approximate surface area is 237 Å². The fourth-order valence-corrected chi connectivity index (χ4v) is 5.06. The van der Waals surface area contributed by atoms with Gasteiger partial charge in [0.15, 0.2) is 0 Å². The Bertz CT molecular complexity index is 1650. The monoisotopic (exact) mass is 555 g/mol. The molecule has 0 aliphatic carbocycles. The second-order valence-corrected chi connectivity index (χ2v) is 10.0. The first-order valence-corrected chi connectivity index (χ1v) is 13.3. The molecule has 0 saturated carbocycles. The first kappa shape index (κ1) is 26.5. The molecule has 5 aromatic rings. The number of hydrogen-bond acceptors (Lipinski definition) is 3. The number of imidazole rings is 1. The van der Waals surface area contributed by atoms with Crippen LogP contribution in [-0.4, -0.2) is 22.6 Å². The van der Waals surface area contributed by atoms with Crippen molar-refractivity contribution in [2.75, 3.05) is 7.11 Å². The fourth-order valence-electron chi connectivity index (χ4n) is 4.55. The fraction of sp³-hybridized carbons (Fsp3) is 0.125. The van der Waals surface area contributed by atoms with E-state index in [4.69, 9.17) is 32.9 Å². The van der Waals surface area contributed by atoms with E-state index < -0.39 is 0 Å². The van der Waals surface area contributed by atoms with Gasteiger partial charge < -0.3 is 14.6 Å². The summed E-state index contributed by atoms with van der Waals surface area (Å²) in [6.45, 7) is 2.09. The number of nitrogens with zero attached hydrogens (tertiary/aromatic N) is 2. The highest BCUT2D eigenvalue weighted by atomic mass is 35.5. The van der Waals surface area contributed by atoms with Crippen molar-refractivity contribution >= 4 is 52.0 Å². The Morgan fingerprint density at radius 2 is 1.77 bits per heavy atom. The van der Waals surface area contributed by atoms with Crippen molar-refractivity contribution in [3.8, 4) is 17.0 Å². The van der Waals surface area contributed by atoms with Gasteiger partial charge in [-0.15, -0.1) is 0 Å². The van der Waals surface area contributed by atoms with Gasteiger partial charge in [0, 0.05) is 16.8 Å². The molecule has 4 aromatic carbocycles. The molecule has 0 fully saturated rings. The number of carbonyl (C=O) groups excluding carboxylic acids is 1. The first-order valence-electron chi connectivity index (χ1n) is 12.5. The highest BCUT2D eigenvalue weighted by Gasteiger charge is 2.16. The topological polar surface area (TPSA) is 56.2 Å². The molecule has 0 unspecified atom stereocenters. The van der Waals surface area contributed by atoms with Gasteiger partial charge in [0.05, 0.1) is 23.9 Å². The van der Waals surface area contributed by atoms with Crippen LogP contribution in [0.3, 0.4) is 0 Å². The first-order chi connectivity index (χ1) is 18.9. The number of carbonyl (C=O) groups is 1. The van der Waals surface area contributed by atoms with Gasteiger partial charge in [-0.1, -0.05) is 83.9 Å². The van der Waals surface area contributed by atoms with E-state index in [0.29, 0.717) is 21.6 Å². The summed E-state index contributed by atoms with van der Waals surface area (Å²) < 4.78 is 7.07. The third-order valence-corrected chi connectivity index (χ3v) is 7.08. The van der Waals surface area contributed by atoms with Crippen LogP contribution in [0.5, 0.6) is 5.75 Å². The average molecular weight is 556 g/mol. The highest BCUT2D eigenvalue weighted by molar-refractivity contribution is 6.36. The van der Waals surface area contributed by atoms with Crippen LogP contribution in [0.2, 0.25) is 10.0 Å². The minimum absolute atomic E-state index is 0.0929. The summed E-state index contributed by atoms with van der Waals surface area (Å²) in [5, 5.41) is 6.45. The van der Waals surface area contributed by atoms with Crippen molar-refractivity contribution in [1.29, 1.82) is 0 Å². The van der Waals surface area contributed by atoms with Crippen LogP contribution < -0.4 is 10.1 Å². The maximum Gasteiger partial charge on any atom is 0.240 e. The van der Waals surface area contributed by atoms with Gasteiger partial charge in [-0.05, 0) is 65.2 Å². The average Bonchev–Trinajstić information content (AvgIpc) is 3.33. The number of hydrogen-bond donors (Lipinski definition) is 1. The van der Waals surface area contributed by atoms with Gasteiger partial charge in [-0.2, -0.15) is 0 Å². The molecule has 0 radical (unpaired) electrons. The van der Waals surface area contributed by atoms with E-state index in [-0.39, 0.29) is 18.5 Å². The van der Waals surface area contributed by atoms with Gasteiger partial charge in [-0.3, -0.25) is 4.79 Å². The Morgan fingerprint density at radius 3 is 2.54 bits per heavy atom. The normalized spacial score (nSPS) is 12.1. The summed E-state index contributed by atoms with van der Waals surface area (Å²) >= 11 is 12.6. The minimum Gasteiger partial charge on any atom is -0.497 e. The summed E-state index contributed by atoms with van der Waals surface area (Å²) in [4.78, 5) is 18.0. The van der Waals surface area contributed by atoms with Crippen molar-refractivity contribution in [2.45, 2.75) is 19.5 Å². The number of ether oxygens (including phenoxy) is 1. The molecule has 1 aromatic heterocycles. The van der Waals surface area contributed by atoms with Crippen LogP contribution in [0.4, 0.5) is 0 Å². The van der Waals surface area contributed by atoms with E-state index in [1.165, 1.54) is 0 Å². The van der Waals surface area contributed by atoms with Gasteiger partial charge in [0.25, 0.3) is 0 Å². The molecular weight excluding hydrogens is 529 g/mol. The molecule has 0 aliphatic heterocycles. The van der Waals surface area contributed by atoms with Crippen LogP contribution in [0.1, 0.15) is 29.9 Å². The molecular formula is C32H27Cl2N3O2. The second kappa shape index (κ2) is 11.8. The van der Waals surface area contributed by atoms with Crippen molar-refractivity contribution in [2.24, 2.45) is 0 Å². The zero-order chi connectivity index (χ0) is 27.4. The van der Waals surface area contributed by atoms with Gasteiger partial charge >= 0.3 is 0 Å². The highest BCUT2D eigenvalue weighted by Crippen LogP contribution is 2.30. The molecule has 1 heterocycles. The lowest BCUT2D eigenvalue weighted by Crippen LogP contribution is -2.30. The molecule has 0 saturated heterocycles. The molecule has 1 N–H and O–H groups in total. The zero-order valence-corrected chi connectivity index (χ0v) is 23.1. The van der Waals surface area contributed by atoms with Crippen molar-refractivity contribution in [3.05, 3.63) is 118 Å². The molecule has 1 atom stereocenters. The Morgan fingerprint density at radius 1 is 1.00 bits per heavy atom. The summed E-state index contributed by atoms with van der Waals surface area (Å²) in [6.07, 6.45) is 5.67. The number of nitrogens with one attached hydrogen (secondary N) is 1. The Kier molecular flexibility index (Phi) is 8.01. The summed E-state index contributed by atoms with van der Waals surface area (Å²) in [5.74, 6) is 1.28. The lowest BCUT2D eigenvalue weighted by molar-refractivity contribution is -0.122. The van der Waals surface area contributed by atoms with Crippen LogP contribution in [0.25, 0.3) is 34.2 Å². The van der Waals surface area contributed by atoms with E-state index in [0.717, 1.165) is 33.2 Å². The van der Waals surface area contributed by atoms with Gasteiger partial charge in [-0.25, -0.2) is 4.98 Å². The number of rotatable bonds is 8. The van der Waals surface area contributed by atoms with Crippen LogP contribution in [-0.2, 0) is 11.3 Å². The van der Waals surface area contributed by atoms with Gasteiger partial charge in [0.2, 0.25) is 5.91 Å². The number of halogens is 2. The summed E-state index contributed by atoms with van der Waals surface area (Å²) in [6, 6.07) is 27.1. The van der Waals surface area contributed by atoms with E-state index in [1.807, 2.05) is 84.4 Å². The van der Waals surface area contributed by atoms with Gasteiger partial charge in [0.1, 0.15) is 18.1 Å². The molecule has 0 bridgehead atoms. The maximum absolute atomic E-state index is 13.2. The molecule has 0 spiro atoms. The zero-order valence-electron chi connectivity index (χ0n) is 21.6. The van der Waals surface area contributed by atoms with E-state index in [2.05, 4.69) is 23.5 Å². The van der Waals surface area contributed by atoms with Crippen LogP contribution >= 0.6 is 23.2 Å². The predicted molar refractivity (Wildman–Crippen MR) is 160 cm³/mol. The Balaban J connectivity index is 1.42. The van der Waals surface area contributed by atoms with Crippen molar-refractivity contribution < 1.29 is 9.53 Å². The summed E-state index contributed by atoms with van der Waals surface area (Å²) in [7, 11) is 1.64. The van der Waals surface area contributed by atoms with Crippen LogP contribution in [0.15, 0.2) is 91.1 Å². The maximum atomic E-state index is 13.2. The molecule has 5 rings (SSSR count). The molecule has 5 nitrogen and oxygen atoms in total. The largest absolute Gasteiger partial charge is 0.497 e. The van der Waals surface area contributed by atoms with E-state index in [9.17, 15) is 4.79 Å². The predicted octanol–water partition coefficient (Wildman–Crippen LogP) is 8.07. The number of methoxy groups -OCH3 is 1. The molecule has 39 heavy (non-hydrogen) atoms. The lowest BCUT2D eigenvalue weighted by Gasteiger charge is -2.17. The van der Waals surface area contributed by atoms with Crippen molar-refractivity contribution in [1.82, 2.24) is 14.9 Å². The van der Waals surface area contributed by atoms with E-state index >= 15 is 0 Å². The molecule has 1 amide bonds. The molecule has 196 valence electrons. The number of benzene rings is 4. The quantitative estimate of drug-likeness (QED) is 0.210. The third kappa shape index (κ3) is 6.17. The Hall–Kier alpha value is -4.06. The number of fused-ring (bicyclic) bond motifs is 1. The van der Waals surface area contributed by atoms with E-state index in [1.54, 1.807) is 19.2 Å². The second-order valence-electron chi connectivity index (χ2n) is 9.20. The number of amides is 1. The molecule has 7 heteroatoms. The lowest BCUT2D eigenvalue weighted by atomic mass is 10.00. The van der Waals surface area contributed by atoms with Crippen molar-refractivity contribution in [3.63, 3.8) is 0 Å². The third-order valence-electron chi connectivity index (χ3n) is 6.54. The minimum atomic E-state index is -0.171. The van der Waals surface area contributed by atoms with Crippen LogP contribution in [0, 0.1) is 0 Å². The molecule has 0 aliphatic rings. The standard InChI is InChI=1S/C32H27Cl2N3O2/c1-21(26-9-5-7-23-6-3-4-8-27(23)26)35-32(38)20-37-19-30(28-16-13-24(33)18-29(28)34)36-31(37)17-12-22-10-14-25(39-2)15-11-22/h3-19,21H,20H2,1-2H3,(H,35,38)/t21-/m0/s1. The summed E-state index contributed by atoms with van der Waals surface area (Å²) in [5.41, 5.74) is 3.44.